The molecule has 2 aromatic carbocycles. The number of nitrogens with one attached hydrogen (secondary N) is 4. The monoisotopic (exact) mass is 425 g/mol. The molecule has 4 aromatic rings. The molecule has 0 unspecified atom stereocenters. The van der Waals surface area contributed by atoms with Gasteiger partial charge in [-0.3, -0.25) is 4.79 Å². The molecule has 0 saturated carbocycles. The van der Waals surface area contributed by atoms with Gasteiger partial charge in [-0.05, 0) is 61.5 Å². The molecule has 0 bridgehead atoms. The zero-order valence-electron chi connectivity index (χ0n) is 15.6. The molecule has 4 N–H and O–H groups in total. The number of anilines is 1. The molecular weight excluding hydrogens is 406 g/mol. The van der Waals surface area contributed by atoms with Gasteiger partial charge in [0.25, 0.3) is 0 Å². The lowest BCUT2D eigenvalue weighted by Crippen LogP contribution is -2.29. The normalized spacial score (nSPS) is 16.7. The number of benzene rings is 2. The summed E-state index contributed by atoms with van der Waals surface area (Å²) < 4.78 is 0. The Kier molecular flexibility index (Phi) is 4.95. The van der Waals surface area contributed by atoms with Crippen molar-refractivity contribution >= 4 is 51.0 Å². The minimum absolute atomic E-state index is 0.000492. The first-order valence-corrected chi connectivity index (χ1v) is 10.8. The van der Waals surface area contributed by atoms with E-state index in [9.17, 15) is 4.79 Å². The van der Waals surface area contributed by atoms with Gasteiger partial charge in [-0.25, -0.2) is 4.98 Å². The molecule has 0 amide bonds. The molecule has 148 valence electrons. The van der Waals surface area contributed by atoms with Crippen LogP contribution in [-0.2, 0) is 0 Å². The SMILES string of the molecule is O=c1cc[nH]c2c(Sc3nc4ccc(Cl)cc4[nH]3)ccc(NC[C@H]3CCCN3)c12. The van der Waals surface area contributed by atoms with Crippen LogP contribution in [0.5, 0.6) is 0 Å². The predicted molar refractivity (Wildman–Crippen MR) is 119 cm³/mol. The van der Waals surface area contributed by atoms with E-state index < -0.39 is 0 Å². The smallest absolute Gasteiger partial charge is 0.191 e. The third-order valence-electron chi connectivity index (χ3n) is 5.21. The van der Waals surface area contributed by atoms with Crippen LogP contribution >= 0.6 is 23.4 Å². The fourth-order valence-electron chi connectivity index (χ4n) is 3.77. The zero-order chi connectivity index (χ0) is 19.8. The average Bonchev–Trinajstić information content (AvgIpc) is 3.36. The first-order valence-electron chi connectivity index (χ1n) is 9.62. The van der Waals surface area contributed by atoms with Crippen LogP contribution in [0.1, 0.15) is 12.8 Å². The van der Waals surface area contributed by atoms with Crippen molar-refractivity contribution in [3.63, 3.8) is 0 Å². The number of imidazole rings is 1. The summed E-state index contributed by atoms with van der Waals surface area (Å²) in [6.07, 6.45) is 4.05. The van der Waals surface area contributed by atoms with E-state index in [1.165, 1.54) is 18.2 Å². The quantitative estimate of drug-likeness (QED) is 0.381. The Bertz CT molecular complexity index is 1250. The largest absolute Gasteiger partial charge is 0.383 e. The van der Waals surface area contributed by atoms with Gasteiger partial charge in [-0.1, -0.05) is 11.6 Å². The summed E-state index contributed by atoms with van der Waals surface area (Å²) in [5, 5.41) is 9.03. The van der Waals surface area contributed by atoms with Gasteiger partial charge in [-0.15, -0.1) is 0 Å². The Labute approximate surface area is 176 Å². The van der Waals surface area contributed by atoms with E-state index in [0.29, 0.717) is 16.5 Å². The van der Waals surface area contributed by atoms with Crippen LogP contribution < -0.4 is 16.1 Å². The summed E-state index contributed by atoms with van der Waals surface area (Å²) >= 11 is 7.56. The molecule has 0 spiro atoms. The maximum Gasteiger partial charge on any atom is 0.191 e. The number of hydrogen-bond donors (Lipinski definition) is 4. The summed E-state index contributed by atoms with van der Waals surface area (Å²) in [7, 11) is 0. The molecule has 1 aliphatic rings. The zero-order valence-corrected chi connectivity index (χ0v) is 17.2. The van der Waals surface area contributed by atoms with Crippen LogP contribution in [0.4, 0.5) is 5.69 Å². The second-order valence-corrected chi connectivity index (χ2v) is 8.65. The highest BCUT2D eigenvalue weighted by Gasteiger charge is 2.16. The summed E-state index contributed by atoms with van der Waals surface area (Å²) in [5.74, 6) is 0. The first kappa shape index (κ1) is 18.5. The summed E-state index contributed by atoms with van der Waals surface area (Å²) in [5.41, 5.74) is 3.42. The van der Waals surface area contributed by atoms with Gasteiger partial charge in [0.15, 0.2) is 10.6 Å². The number of H-pyrrole nitrogens is 2. The summed E-state index contributed by atoms with van der Waals surface area (Å²) in [6.45, 7) is 1.87. The van der Waals surface area contributed by atoms with Crippen LogP contribution in [0.15, 0.2) is 57.4 Å². The number of pyridine rings is 1. The van der Waals surface area contributed by atoms with Crippen LogP contribution in [0.25, 0.3) is 21.9 Å². The van der Waals surface area contributed by atoms with Crippen molar-refractivity contribution in [2.24, 2.45) is 0 Å². The Hall–Kier alpha value is -2.48. The first-order chi connectivity index (χ1) is 14.2. The molecule has 5 rings (SSSR count). The minimum Gasteiger partial charge on any atom is -0.383 e. The Balaban J connectivity index is 1.49. The molecule has 1 atom stereocenters. The number of aromatic amines is 2. The van der Waals surface area contributed by atoms with Gasteiger partial charge in [0.1, 0.15) is 0 Å². The molecular formula is C21H20ClN5OS. The molecule has 1 saturated heterocycles. The highest BCUT2D eigenvalue weighted by atomic mass is 35.5. The average molecular weight is 426 g/mol. The fourth-order valence-corrected chi connectivity index (χ4v) is 4.86. The maximum atomic E-state index is 12.7. The summed E-state index contributed by atoms with van der Waals surface area (Å²) in [4.78, 5) is 24.8. The van der Waals surface area contributed by atoms with E-state index in [2.05, 4.69) is 25.6 Å². The standard InChI is InChI=1S/C21H20ClN5OS/c22-12-3-4-14-16(10-12)27-21(26-14)29-18-6-5-15(25-11-13-2-1-8-23-13)19-17(28)7-9-24-20(18)19/h3-7,9-10,13,23,25H,1-2,8,11H2,(H,24,28)(H,26,27)/t13-/m1/s1. The van der Waals surface area contributed by atoms with Crippen molar-refractivity contribution in [2.45, 2.75) is 28.9 Å². The predicted octanol–water partition coefficient (Wildman–Crippen LogP) is 4.37. The van der Waals surface area contributed by atoms with Gasteiger partial charge < -0.3 is 20.6 Å². The van der Waals surface area contributed by atoms with Crippen molar-refractivity contribution in [1.29, 1.82) is 0 Å². The van der Waals surface area contributed by atoms with Crippen LogP contribution in [0.2, 0.25) is 5.02 Å². The lowest BCUT2D eigenvalue weighted by molar-refractivity contribution is 0.634. The number of aromatic nitrogens is 3. The Morgan fingerprint density at radius 3 is 3.03 bits per heavy atom. The van der Waals surface area contributed by atoms with Crippen molar-refractivity contribution in [2.75, 3.05) is 18.4 Å². The van der Waals surface area contributed by atoms with Gasteiger partial charge in [-0.2, -0.15) is 0 Å². The molecule has 0 radical (unpaired) electrons. The van der Waals surface area contributed by atoms with Crippen LogP contribution in [-0.4, -0.2) is 34.1 Å². The van der Waals surface area contributed by atoms with Crippen molar-refractivity contribution in [1.82, 2.24) is 20.3 Å². The molecule has 29 heavy (non-hydrogen) atoms. The van der Waals surface area contributed by atoms with E-state index in [0.717, 1.165) is 51.8 Å². The molecule has 3 heterocycles. The van der Waals surface area contributed by atoms with Gasteiger partial charge >= 0.3 is 0 Å². The van der Waals surface area contributed by atoms with E-state index in [-0.39, 0.29) is 5.43 Å². The van der Waals surface area contributed by atoms with Crippen molar-refractivity contribution < 1.29 is 0 Å². The van der Waals surface area contributed by atoms with Gasteiger partial charge in [0.05, 0.1) is 21.9 Å². The van der Waals surface area contributed by atoms with E-state index in [4.69, 9.17) is 11.6 Å². The third kappa shape index (κ3) is 3.73. The number of nitrogens with zero attached hydrogens (tertiary/aromatic N) is 1. The molecule has 1 aliphatic heterocycles. The molecule has 8 heteroatoms. The van der Waals surface area contributed by atoms with Crippen molar-refractivity contribution in [3.05, 3.63) is 57.8 Å². The van der Waals surface area contributed by atoms with Crippen LogP contribution in [0.3, 0.4) is 0 Å². The van der Waals surface area contributed by atoms with E-state index >= 15 is 0 Å². The fraction of sp³-hybridized carbons (Fsp3) is 0.238. The van der Waals surface area contributed by atoms with Gasteiger partial charge in [0, 0.05) is 40.5 Å². The molecule has 6 nitrogen and oxygen atoms in total. The van der Waals surface area contributed by atoms with Crippen molar-refractivity contribution in [3.8, 4) is 0 Å². The van der Waals surface area contributed by atoms with Gasteiger partial charge in [0.2, 0.25) is 0 Å². The topological polar surface area (TPSA) is 85.6 Å². The highest BCUT2D eigenvalue weighted by Crippen LogP contribution is 2.34. The maximum absolute atomic E-state index is 12.7. The second kappa shape index (κ2) is 7.74. The number of hydrogen-bond acceptors (Lipinski definition) is 5. The van der Waals surface area contributed by atoms with Crippen LogP contribution in [0, 0.1) is 0 Å². The Morgan fingerprint density at radius 2 is 2.17 bits per heavy atom. The van der Waals surface area contributed by atoms with E-state index in [1.54, 1.807) is 12.3 Å². The lowest BCUT2D eigenvalue weighted by Gasteiger charge is -2.15. The summed E-state index contributed by atoms with van der Waals surface area (Å²) in [6, 6.07) is 11.6. The Morgan fingerprint density at radius 1 is 1.24 bits per heavy atom. The highest BCUT2D eigenvalue weighted by molar-refractivity contribution is 7.99. The molecule has 0 aliphatic carbocycles. The van der Waals surface area contributed by atoms with E-state index in [1.807, 2.05) is 30.3 Å². The second-order valence-electron chi connectivity index (χ2n) is 7.18. The number of halogens is 1. The minimum atomic E-state index is -0.000492. The number of fused-ring (bicyclic) bond motifs is 2. The third-order valence-corrected chi connectivity index (χ3v) is 6.39. The lowest BCUT2D eigenvalue weighted by atomic mass is 10.1. The number of rotatable bonds is 5. The molecule has 1 fully saturated rings. The molecule has 2 aromatic heterocycles.